The summed E-state index contributed by atoms with van der Waals surface area (Å²) in [5, 5.41) is 25.2. The lowest BCUT2D eigenvalue weighted by molar-refractivity contribution is -0.384. The summed E-state index contributed by atoms with van der Waals surface area (Å²) in [5.74, 6) is 2.27. The van der Waals surface area contributed by atoms with Crippen LogP contribution in [0.15, 0.2) is 76.8 Å². The van der Waals surface area contributed by atoms with Crippen molar-refractivity contribution in [2.75, 3.05) is 0 Å². The van der Waals surface area contributed by atoms with Crippen LogP contribution < -0.4 is 5.32 Å². The highest BCUT2D eigenvalue weighted by Gasteiger charge is 2.51. The van der Waals surface area contributed by atoms with E-state index in [9.17, 15) is 14.9 Å². The number of para-hydroxylation sites is 1. The van der Waals surface area contributed by atoms with E-state index in [1.807, 2.05) is 60.0 Å². The topological polar surface area (TPSA) is 103 Å². The molecule has 4 aliphatic rings. The van der Waals surface area contributed by atoms with Gasteiger partial charge in [0.05, 0.1) is 15.5 Å². The van der Waals surface area contributed by atoms with Gasteiger partial charge in [0, 0.05) is 33.8 Å². The van der Waals surface area contributed by atoms with Crippen molar-refractivity contribution in [3.8, 4) is 17.1 Å². The van der Waals surface area contributed by atoms with Crippen LogP contribution in [-0.4, -0.2) is 31.1 Å². The molecule has 1 N–H and O–H groups in total. The number of hydrogen-bond acceptors (Lipinski definition) is 6. The molecule has 4 fully saturated rings. The summed E-state index contributed by atoms with van der Waals surface area (Å²) in [6.07, 6.45) is 6.75. The van der Waals surface area contributed by atoms with Crippen molar-refractivity contribution < 1.29 is 9.72 Å². The van der Waals surface area contributed by atoms with Gasteiger partial charge >= 0.3 is 0 Å². The SMILES string of the molecule is Cc1ccc(-c2nnc(Sc3ccc([N+](=O)[O-])cc3C(=O)NC34CC5CC(CC(C5)C3)C4)n2-c2ccccc2)c(Cl)c1. The summed E-state index contributed by atoms with van der Waals surface area (Å²) in [4.78, 5) is 25.8. The first-order valence-corrected chi connectivity index (χ1v) is 15.5. The molecule has 1 heterocycles. The van der Waals surface area contributed by atoms with Crippen molar-refractivity contribution in [3.63, 3.8) is 0 Å². The van der Waals surface area contributed by atoms with Crippen LogP contribution in [0.1, 0.15) is 54.4 Å². The van der Waals surface area contributed by atoms with Gasteiger partial charge in [0.25, 0.3) is 11.6 Å². The zero-order chi connectivity index (χ0) is 29.0. The summed E-state index contributed by atoms with van der Waals surface area (Å²) >= 11 is 7.91. The zero-order valence-corrected chi connectivity index (χ0v) is 24.7. The molecule has 8 nitrogen and oxygen atoms in total. The number of nitro benzene ring substituents is 1. The van der Waals surface area contributed by atoms with Crippen LogP contribution in [0.3, 0.4) is 0 Å². The van der Waals surface area contributed by atoms with Gasteiger partial charge in [-0.1, -0.05) is 35.9 Å². The van der Waals surface area contributed by atoms with E-state index >= 15 is 0 Å². The van der Waals surface area contributed by atoms with Crippen molar-refractivity contribution >= 4 is 35.0 Å². The van der Waals surface area contributed by atoms with Crippen LogP contribution in [0.5, 0.6) is 0 Å². The largest absolute Gasteiger partial charge is 0.347 e. The van der Waals surface area contributed by atoms with Crippen molar-refractivity contribution in [3.05, 3.63) is 93.0 Å². The van der Waals surface area contributed by atoms with E-state index in [1.165, 1.54) is 43.2 Å². The fourth-order valence-corrected chi connectivity index (χ4v) is 8.97. The number of carbonyl (C=O) groups excluding carboxylic acids is 1. The van der Waals surface area contributed by atoms with Crippen LogP contribution in [0.2, 0.25) is 5.02 Å². The molecule has 4 aromatic rings. The lowest BCUT2D eigenvalue weighted by Crippen LogP contribution is -2.59. The third kappa shape index (κ3) is 4.98. The number of aromatic nitrogens is 3. The number of halogens is 1. The van der Waals surface area contributed by atoms with Crippen molar-refractivity contribution in [1.82, 2.24) is 20.1 Å². The third-order valence-corrected chi connectivity index (χ3v) is 10.4. The molecule has 0 atom stereocenters. The Hall–Kier alpha value is -3.69. The average molecular weight is 600 g/mol. The Balaban J connectivity index is 1.27. The number of non-ortho nitro benzene ring substituents is 1. The van der Waals surface area contributed by atoms with Gasteiger partial charge in [-0.25, -0.2) is 0 Å². The van der Waals surface area contributed by atoms with Crippen LogP contribution in [0.25, 0.3) is 17.1 Å². The van der Waals surface area contributed by atoms with Gasteiger partial charge in [-0.2, -0.15) is 0 Å². The van der Waals surface area contributed by atoms with Crippen LogP contribution in [0.4, 0.5) is 5.69 Å². The normalized spacial score (nSPS) is 24.1. The molecule has 4 saturated carbocycles. The van der Waals surface area contributed by atoms with Gasteiger partial charge < -0.3 is 5.32 Å². The number of hydrogen-bond donors (Lipinski definition) is 1. The zero-order valence-electron chi connectivity index (χ0n) is 23.1. The highest BCUT2D eigenvalue weighted by Crippen LogP contribution is 2.55. The van der Waals surface area contributed by atoms with Crippen LogP contribution >= 0.6 is 23.4 Å². The number of rotatable bonds is 7. The predicted molar refractivity (Wildman–Crippen MR) is 162 cm³/mol. The minimum absolute atomic E-state index is 0.119. The van der Waals surface area contributed by atoms with Crippen molar-refractivity contribution in [2.24, 2.45) is 17.8 Å². The molecule has 1 aromatic heterocycles. The molecule has 0 unspecified atom stereocenters. The highest BCUT2D eigenvalue weighted by atomic mass is 35.5. The molecule has 8 rings (SSSR count). The summed E-state index contributed by atoms with van der Waals surface area (Å²) in [5.41, 5.74) is 2.53. The number of nitrogens with zero attached hydrogens (tertiary/aromatic N) is 4. The molecule has 10 heteroatoms. The maximum Gasteiger partial charge on any atom is 0.270 e. The van der Waals surface area contributed by atoms with E-state index in [2.05, 4.69) is 15.5 Å². The number of nitro groups is 1. The Morgan fingerprint density at radius 1 is 1.00 bits per heavy atom. The Morgan fingerprint density at radius 3 is 2.33 bits per heavy atom. The number of nitrogens with one attached hydrogen (secondary N) is 1. The minimum Gasteiger partial charge on any atom is -0.347 e. The Labute approximate surface area is 253 Å². The molecular weight excluding hydrogens is 570 g/mol. The molecule has 0 aliphatic heterocycles. The van der Waals surface area contributed by atoms with Crippen molar-refractivity contribution in [2.45, 2.75) is 61.0 Å². The van der Waals surface area contributed by atoms with Gasteiger partial charge in [0.15, 0.2) is 5.82 Å². The maximum absolute atomic E-state index is 14.0. The molecular formula is C32H30ClN5O3S. The standard InChI is InChI=1S/C32H30ClN5O3S/c1-19-7-9-25(27(33)11-19)29-35-36-31(37(29)23-5-3-2-4-6-23)42-28-10-8-24(38(40)41)15-26(28)30(39)34-32-16-20-12-21(17-32)14-22(13-20)18-32/h2-11,15,20-22H,12-14,16-18H2,1H3,(H,34,39). The first-order chi connectivity index (χ1) is 20.3. The molecule has 0 spiro atoms. The first kappa shape index (κ1) is 27.2. The lowest BCUT2D eigenvalue weighted by Gasteiger charge is -2.56. The molecule has 214 valence electrons. The lowest BCUT2D eigenvalue weighted by atomic mass is 9.53. The molecule has 4 aliphatic carbocycles. The third-order valence-electron chi connectivity index (χ3n) is 9.05. The van der Waals surface area contributed by atoms with Gasteiger partial charge in [-0.05, 0) is 111 Å². The highest BCUT2D eigenvalue weighted by molar-refractivity contribution is 7.99. The fraction of sp³-hybridized carbons (Fsp3) is 0.344. The van der Waals surface area contributed by atoms with E-state index in [-0.39, 0.29) is 22.7 Å². The van der Waals surface area contributed by atoms with E-state index < -0.39 is 4.92 Å². The second-order valence-corrected chi connectivity index (χ2v) is 13.6. The summed E-state index contributed by atoms with van der Waals surface area (Å²) in [6.45, 7) is 1.98. The van der Waals surface area contributed by atoms with Crippen LogP contribution in [-0.2, 0) is 0 Å². The molecule has 42 heavy (non-hydrogen) atoms. The smallest absolute Gasteiger partial charge is 0.270 e. The second kappa shape index (κ2) is 10.5. The first-order valence-electron chi connectivity index (χ1n) is 14.3. The number of aryl methyl sites for hydroxylation is 1. The van der Waals surface area contributed by atoms with Crippen molar-refractivity contribution in [1.29, 1.82) is 0 Å². The molecule has 0 radical (unpaired) electrons. The van der Waals surface area contributed by atoms with E-state index in [4.69, 9.17) is 11.6 Å². The Kier molecular flexibility index (Phi) is 6.82. The molecule has 0 saturated heterocycles. The monoisotopic (exact) mass is 599 g/mol. The average Bonchev–Trinajstić information content (AvgIpc) is 3.35. The molecule has 3 aromatic carbocycles. The molecule has 4 bridgehead atoms. The fourth-order valence-electron chi connectivity index (χ4n) is 7.69. The quantitative estimate of drug-likeness (QED) is 0.173. The van der Waals surface area contributed by atoms with Gasteiger partial charge in [-0.3, -0.25) is 19.5 Å². The van der Waals surface area contributed by atoms with Gasteiger partial charge in [-0.15, -0.1) is 10.2 Å². The van der Waals surface area contributed by atoms with E-state index in [0.29, 0.717) is 38.7 Å². The van der Waals surface area contributed by atoms with E-state index in [1.54, 1.807) is 6.07 Å². The summed E-state index contributed by atoms with van der Waals surface area (Å²) < 4.78 is 1.91. The minimum atomic E-state index is -0.458. The number of carbonyl (C=O) groups is 1. The Morgan fingerprint density at radius 2 is 1.69 bits per heavy atom. The summed E-state index contributed by atoms with van der Waals surface area (Å²) in [7, 11) is 0. The van der Waals surface area contributed by atoms with Gasteiger partial charge in [0.1, 0.15) is 0 Å². The van der Waals surface area contributed by atoms with E-state index in [0.717, 1.165) is 36.1 Å². The Bertz CT molecular complexity index is 1670. The maximum atomic E-state index is 14.0. The van der Waals surface area contributed by atoms with Gasteiger partial charge in [0.2, 0.25) is 5.16 Å². The number of benzene rings is 3. The van der Waals surface area contributed by atoms with Crippen LogP contribution in [0, 0.1) is 34.8 Å². The second-order valence-electron chi connectivity index (χ2n) is 12.2. The molecule has 1 amide bonds. The summed E-state index contributed by atoms with van der Waals surface area (Å²) in [6, 6.07) is 19.9. The predicted octanol–water partition coefficient (Wildman–Crippen LogP) is 7.65. The number of amides is 1.